The molecule has 4 nitrogen and oxygen atoms in total. The molecule has 0 radical (unpaired) electrons. The first kappa shape index (κ1) is 9.39. The van der Waals surface area contributed by atoms with E-state index < -0.39 is 0 Å². The third-order valence-electron chi connectivity index (χ3n) is 2.80. The van der Waals surface area contributed by atoms with E-state index >= 15 is 0 Å². The number of hydrogen-bond acceptors (Lipinski definition) is 3. The molecule has 4 heteroatoms. The van der Waals surface area contributed by atoms with E-state index in [4.69, 9.17) is 0 Å². The van der Waals surface area contributed by atoms with Crippen LogP contribution in [0.2, 0.25) is 0 Å². The Hall–Kier alpha value is -1.84. The maximum absolute atomic E-state index is 4.08. The summed E-state index contributed by atoms with van der Waals surface area (Å²) in [6.45, 7) is 0. The molecule has 1 N–H and O–H groups in total. The van der Waals surface area contributed by atoms with Crippen LogP contribution >= 0.6 is 0 Å². The lowest BCUT2D eigenvalue weighted by Gasteiger charge is -2.05. The molecule has 1 heterocycles. The average molecular weight is 214 g/mol. The predicted molar refractivity (Wildman–Crippen MR) is 63.1 cm³/mol. The molecule has 1 fully saturated rings. The van der Waals surface area contributed by atoms with Crippen molar-refractivity contribution >= 4 is 5.69 Å². The van der Waals surface area contributed by atoms with Crippen molar-refractivity contribution in [2.24, 2.45) is 7.05 Å². The van der Waals surface area contributed by atoms with Gasteiger partial charge >= 0.3 is 0 Å². The summed E-state index contributed by atoms with van der Waals surface area (Å²) in [5.74, 6) is 0.901. The van der Waals surface area contributed by atoms with Crippen molar-refractivity contribution in [2.45, 2.75) is 18.9 Å². The summed E-state index contributed by atoms with van der Waals surface area (Å²) in [5, 5.41) is 11.4. The molecular weight excluding hydrogens is 200 g/mol. The Kier molecular flexibility index (Phi) is 2.13. The van der Waals surface area contributed by atoms with Gasteiger partial charge in [0.25, 0.3) is 0 Å². The van der Waals surface area contributed by atoms with Gasteiger partial charge in [-0.05, 0) is 37.1 Å². The Morgan fingerprint density at radius 2 is 2.00 bits per heavy atom. The van der Waals surface area contributed by atoms with Gasteiger partial charge in [0.2, 0.25) is 0 Å². The van der Waals surface area contributed by atoms with Crippen molar-refractivity contribution in [1.82, 2.24) is 14.8 Å². The van der Waals surface area contributed by atoms with Crippen molar-refractivity contribution in [3.05, 3.63) is 30.6 Å². The number of nitrogens with zero attached hydrogens (tertiary/aromatic N) is 3. The van der Waals surface area contributed by atoms with Crippen LogP contribution in [0.25, 0.3) is 11.4 Å². The van der Waals surface area contributed by atoms with Gasteiger partial charge in [-0.2, -0.15) is 0 Å². The summed E-state index contributed by atoms with van der Waals surface area (Å²) in [6.07, 6.45) is 4.31. The van der Waals surface area contributed by atoms with Crippen LogP contribution in [0.3, 0.4) is 0 Å². The second-order valence-electron chi connectivity index (χ2n) is 4.26. The Morgan fingerprint density at radius 1 is 1.25 bits per heavy atom. The van der Waals surface area contributed by atoms with Crippen LogP contribution in [0, 0.1) is 0 Å². The molecule has 0 bridgehead atoms. The molecule has 2 aromatic rings. The van der Waals surface area contributed by atoms with Gasteiger partial charge in [0.05, 0.1) is 0 Å². The standard InChI is InChI=1S/C12H14N4/c1-16-8-13-15-12(16)9-2-4-10(5-3-9)14-11-6-7-11/h2-5,8,11,14H,6-7H2,1H3. The van der Waals surface area contributed by atoms with Gasteiger partial charge in [-0.3, -0.25) is 0 Å². The third kappa shape index (κ3) is 1.78. The monoisotopic (exact) mass is 214 g/mol. The molecule has 3 rings (SSSR count). The minimum atomic E-state index is 0.695. The summed E-state index contributed by atoms with van der Waals surface area (Å²) < 4.78 is 1.92. The van der Waals surface area contributed by atoms with Gasteiger partial charge in [-0.25, -0.2) is 0 Å². The van der Waals surface area contributed by atoms with Crippen LogP contribution in [0.15, 0.2) is 30.6 Å². The molecule has 0 amide bonds. The zero-order chi connectivity index (χ0) is 11.0. The number of aromatic nitrogens is 3. The first-order valence-electron chi connectivity index (χ1n) is 5.54. The highest BCUT2D eigenvalue weighted by Gasteiger charge is 2.20. The van der Waals surface area contributed by atoms with E-state index in [1.807, 2.05) is 11.6 Å². The minimum Gasteiger partial charge on any atom is -0.382 e. The molecule has 1 aliphatic carbocycles. The fourth-order valence-corrected chi connectivity index (χ4v) is 1.72. The van der Waals surface area contributed by atoms with E-state index in [0.717, 1.165) is 11.4 Å². The number of anilines is 1. The van der Waals surface area contributed by atoms with E-state index in [1.165, 1.54) is 18.5 Å². The number of nitrogens with one attached hydrogen (secondary N) is 1. The van der Waals surface area contributed by atoms with E-state index in [9.17, 15) is 0 Å². The van der Waals surface area contributed by atoms with Crippen molar-refractivity contribution in [3.63, 3.8) is 0 Å². The highest BCUT2D eigenvalue weighted by atomic mass is 15.2. The van der Waals surface area contributed by atoms with Gasteiger partial charge in [-0.1, -0.05) is 0 Å². The summed E-state index contributed by atoms with van der Waals surface area (Å²) in [5.41, 5.74) is 2.29. The molecule has 1 aliphatic rings. The molecule has 0 aliphatic heterocycles. The van der Waals surface area contributed by atoms with Crippen LogP contribution < -0.4 is 5.32 Å². The van der Waals surface area contributed by atoms with Crippen LogP contribution in [0.4, 0.5) is 5.69 Å². The van der Waals surface area contributed by atoms with E-state index in [1.54, 1.807) is 6.33 Å². The second kappa shape index (κ2) is 3.63. The topological polar surface area (TPSA) is 42.7 Å². The molecular formula is C12H14N4. The lowest BCUT2D eigenvalue weighted by Crippen LogP contribution is -2.00. The number of hydrogen-bond donors (Lipinski definition) is 1. The summed E-state index contributed by atoms with van der Waals surface area (Å²) in [6, 6.07) is 9.05. The molecule has 16 heavy (non-hydrogen) atoms. The van der Waals surface area contributed by atoms with Crippen LogP contribution in [0.1, 0.15) is 12.8 Å². The molecule has 0 atom stereocenters. The first-order valence-corrected chi connectivity index (χ1v) is 5.54. The van der Waals surface area contributed by atoms with Gasteiger partial charge in [0, 0.05) is 24.3 Å². The van der Waals surface area contributed by atoms with E-state index in [-0.39, 0.29) is 0 Å². The lowest BCUT2D eigenvalue weighted by atomic mass is 10.2. The maximum atomic E-state index is 4.08. The van der Waals surface area contributed by atoms with E-state index in [2.05, 4.69) is 39.8 Å². The second-order valence-corrected chi connectivity index (χ2v) is 4.26. The largest absolute Gasteiger partial charge is 0.382 e. The quantitative estimate of drug-likeness (QED) is 0.850. The zero-order valence-electron chi connectivity index (χ0n) is 9.22. The number of benzene rings is 1. The van der Waals surface area contributed by atoms with Crippen molar-refractivity contribution in [3.8, 4) is 11.4 Å². The van der Waals surface area contributed by atoms with Crippen molar-refractivity contribution < 1.29 is 0 Å². The Labute approximate surface area is 94.3 Å². The summed E-state index contributed by atoms with van der Waals surface area (Å²) in [4.78, 5) is 0. The normalized spacial score (nSPS) is 15.1. The Bertz CT molecular complexity index is 482. The molecule has 1 aromatic carbocycles. The molecule has 0 saturated heterocycles. The molecule has 82 valence electrons. The van der Waals surface area contributed by atoms with E-state index in [0.29, 0.717) is 6.04 Å². The third-order valence-corrected chi connectivity index (χ3v) is 2.80. The average Bonchev–Trinajstić information content (AvgIpc) is 3.00. The van der Waals surface area contributed by atoms with Crippen LogP contribution in [0.5, 0.6) is 0 Å². The zero-order valence-corrected chi connectivity index (χ0v) is 9.22. The van der Waals surface area contributed by atoms with Gasteiger partial charge in [0.1, 0.15) is 6.33 Å². The van der Waals surface area contributed by atoms with Crippen molar-refractivity contribution in [1.29, 1.82) is 0 Å². The Balaban J connectivity index is 1.83. The molecule has 0 spiro atoms. The number of rotatable bonds is 3. The van der Waals surface area contributed by atoms with Crippen LogP contribution in [-0.4, -0.2) is 20.8 Å². The van der Waals surface area contributed by atoms with Crippen molar-refractivity contribution in [2.75, 3.05) is 5.32 Å². The number of aryl methyl sites for hydroxylation is 1. The van der Waals surface area contributed by atoms with Gasteiger partial charge in [-0.15, -0.1) is 10.2 Å². The SMILES string of the molecule is Cn1cnnc1-c1ccc(NC2CC2)cc1. The maximum Gasteiger partial charge on any atom is 0.163 e. The fraction of sp³-hybridized carbons (Fsp3) is 0.333. The molecule has 1 saturated carbocycles. The lowest BCUT2D eigenvalue weighted by molar-refractivity contribution is 0.920. The smallest absolute Gasteiger partial charge is 0.163 e. The first-order chi connectivity index (χ1) is 7.83. The predicted octanol–water partition coefficient (Wildman–Crippen LogP) is 2.06. The fourth-order valence-electron chi connectivity index (χ4n) is 1.72. The molecule has 1 aromatic heterocycles. The van der Waals surface area contributed by atoms with Gasteiger partial charge in [0.15, 0.2) is 5.82 Å². The molecule has 0 unspecified atom stereocenters. The summed E-state index contributed by atoms with van der Waals surface area (Å²) >= 11 is 0. The minimum absolute atomic E-state index is 0.695. The highest BCUT2D eigenvalue weighted by Crippen LogP contribution is 2.26. The van der Waals surface area contributed by atoms with Gasteiger partial charge < -0.3 is 9.88 Å². The highest BCUT2D eigenvalue weighted by molar-refractivity contribution is 5.60. The summed E-state index contributed by atoms with van der Waals surface area (Å²) in [7, 11) is 1.95. The van der Waals surface area contributed by atoms with Crippen LogP contribution in [-0.2, 0) is 7.05 Å². The Morgan fingerprint density at radius 3 is 2.56 bits per heavy atom.